The van der Waals surface area contributed by atoms with Crippen molar-refractivity contribution >= 4 is 63.5 Å². The topological polar surface area (TPSA) is 260 Å². The van der Waals surface area contributed by atoms with Crippen LogP contribution in [0.15, 0.2) is 109 Å². The van der Waals surface area contributed by atoms with Gasteiger partial charge in [0.25, 0.3) is 10.1 Å². The molecule has 3 aliphatic rings. The minimum Gasteiger partial charge on any atom is -0.462 e. The Bertz CT molecular complexity index is 2560. The zero-order valence-electron chi connectivity index (χ0n) is 38.4. The van der Waals surface area contributed by atoms with E-state index in [1.165, 1.54) is 4.90 Å². The summed E-state index contributed by atoms with van der Waals surface area (Å²) in [5.74, 6) is 0.229. The number of rotatable bonds is 14. The van der Waals surface area contributed by atoms with E-state index in [2.05, 4.69) is 24.6 Å². The molecule has 0 spiro atoms. The zero-order chi connectivity index (χ0) is 49.7. The number of piperazine rings is 1. The molecule has 4 N–H and O–H groups in total. The van der Waals surface area contributed by atoms with Crippen LogP contribution in [0.25, 0.3) is 0 Å². The lowest BCUT2D eigenvalue weighted by Gasteiger charge is -2.37. The molecule has 4 aromatic rings. The molecule has 0 saturated carbocycles. The van der Waals surface area contributed by atoms with E-state index in [9.17, 15) is 32.4 Å². The highest BCUT2D eigenvalue weighted by molar-refractivity contribution is 7.86. The van der Waals surface area contributed by atoms with Gasteiger partial charge in [0.05, 0.1) is 25.4 Å². The molecule has 3 saturated heterocycles. The summed E-state index contributed by atoms with van der Waals surface area (Å²) in [6.07, 6.45) is -2.83. The third-order valence-electron chi connectivity index (χ3n) is 10.6. The monoisotopic (exact) mass is 970 g/mol. The Hall–Kier alpha value is -7.40. The van der Waals surface area contributed by atoms with Gasteiger partial charge in [-0.15, -0.1) is 0 Å². The van der Waals surface area contributed by atoms with Crippen LogP contribution in [0.3, 0.4) is 0 Å². The van der Waals surface area contributed by atoms with Crippen molar-refractivity contribution in [1.82, 2.24) is 20.4 Å². The van der Waals surface area contributed by atoms with Gasteiger partial charge in [0.15, 0.2) is 0 Å². The van der Waals surface area contributed by atoms with Gasteiger partial charge in [-0.1, -0.05) is 36.4 Å². The number of amides is 4. The van der Waals surface area contributed by atoms with Crippen LogP contribution in [0.2, 0.25) is 0 Å². The van der Waals surface area contributed by atoms with Crippen LogP contribution in [0.4, 0.5) is 30.6 Å². The third-order valence-corrected chi connectivity index (χ3v) is 11.2. The Morgan fingerprint density at radius 2 is 1.10 bits per heavy atom. The normalized spacial score (nSPS) is 17.7. The van der Waals surface area contributed by atoms with Crippen LogP contribution in [0.1, 0.15) is 31.9 Å². The quantitative estimate of drug-likeness (QED) is 0.0417. The van der Waals surface area contributed by atoms with Crippen molar-refractivity contribution in [2.24, 2.45) is 0 Å². The van der Waals surface area contributed by atoms with Gasteiger partial charge in [-0.05, 0) is 93.6 Å². The molecule has 0 aliphatic carbocycles. The van der Waals surface area contributed by atoms with E-state index >= 15 is 0 Å². The smallest absolute Gasteiger partial charge is 0.418 e. The number of nitrogens with zero attached hydrogens (tertiary/aromatic N) is 4. The highest BCUT2D eigenvalue weighted by Crippen LogP contribution is 2.25. The van der Waals surface area contributed by atoms with Gasteiger partial charge in [0.1, 0.15) is 48.0 Å². The van der Waals surface area contributed by atoms with Gasteiger partial charge in [-0.3, -0.25) is 50.0 Å². The number of ether oxygens (including phenoxy) is 5. The number of cyclic esters (lactones) is 2. The second kappa shape index (κ2) is 23.6. The number of para-hydroxylation sites is 2. The van der Waals surface area contributed by atoms with Crippen molar-refractivity contribution in [3.05, 3.63) is 120 Å². The van der Waals surface area contributed by atoms with Crippen LogP contribution in [-0.4, -0.2) is 143 Å². The van der Waals surface area contributed by atoms with Crippen molar-refractivity contribution in [3.8, 4) is 11.5 Å². The average molecular weight is 971 g/mol. The van der Waals surface area contributed by atoms with E-state index in [0.29, 0.717) is 47.1 Å². The van der Waals surface area contributed by atoms with Crippen LogP contribution in [0, 0.1) is 10.8 Å². The maximum Gasteiger partial charge on any atom is 0.418 e. The number of nitrogens with one attached hydrogen (secondary N) is 4. The molecule has 4 aromatic carbocycles. The number of esters is 1. The molecule has 22 heteroatoms. The molecule has 0 aromatic heterocycles. The lowest BCUT2D eigenvalue weighted by molar-refractivity contribution is -0.154. The van der Waals surface area contributed by atoms with E-state index < -0.39 is 40.6 Å². The summed E-state index contributed by atoms with van der Waals surface area (Å²) in [7, 11) is -3.63. The number of benzene rings is 4. The predicted molar refractivity (Wildman–Crippen MR) is 252 cm³/mol. The highest BCUT2D eigenvalue weighted by atomic mass is 32.2. The number of amidine groups is 2. The summed E-state index contributed by atoms with van der Waals surface area (Å²) >= 11 is 0. The summed E-state index contributed by atoms with van der Waals surface area (Å²) in [4.78, 5) is 68.0. The summed E-state index contributed by atoms with van der Waals surface area (Å²) < 4.78 is 53.1. The number of hydrogen-bond donors (Lipinski definition) is 4. The fourth-order valence-electron chi connectivity index (χ4n) is 7.15. The fourth-order valence-corrected chi connectivity index (χ4v) is 7.55. The molecule has 3 fully saturated rings. The highest BCUT2D eigenvalue weighted by Gasteiger charge is 2.36. The Labute approximate surface area is 399 Å². The molecule has 3 atom stereocenters. The molecule has 7 rings (SSSR count). The number of carbonyl (C=O) groups is 5. The molecule has 0 radical (unpaired) electrons. The molecule has 21 nitrogen and oxygen atoms in total. The lowest BCUT2D eigenvalue weighted by Crippen LogP contribution is -2.53. The van der Waals surface area contributed by atoms with Crippen LogP contribution in [-0.2, 0) is 33.3 Å². The van der Waals surface area contributed by atoms with Gasteiger partial charge in [-0.25, -0.2) is 19.2 Å². The van der Waals surface area contributed by atoms with Crippen LogP contribution in [0.5, 0.6) is 11.5 Å². The standard InChI is InChI=1S/C28H35N5O6.C19H19N3O7S/c1-19(2)37-26(34)20(3)32-15-13-31(14-16-32)17-24-18-33(28(36)39-24)22-11-9-21(10-12-22)25(29)30-27(35)38-23-7-5-4-6-8-23;1-30(25,26)27-12-16-11-22(19(24)29-16)14-9-7-13(8-10-14)17(20)21-18(23)28-15-5-3-2-4-6-15/h4-12,19-20,24H,13-18H2,1-3H3,(H2,29,30,35);2-10,16H,11-12H2,1H3,(H2,20,21,23). The second-order valence-corrected chi connectivity index (χ2v) is 17.9. The van der Waals surface area contributed by atoms with Crippen molar-refractivity contribution < 1.29 is 60.3 Å². The Kier molecular flexibility index (Phi) is 17.4. The van der Waals surface area contributed by atoms with Crippen LogP contribution < -0.4 is 29.9 Å². The third kappa shape index (κ3) is 15.3. The molecular formula is C47H54N8O13S. The molecule has 3 aliphatic heterocycles. The van der Waals surface area contributed by atoms with E-state index in [0.717, 1.165) is 32.4 Å². The Balaban J connectivity index is 0.000000235. The molecule has 0 bridgehead atoms. The molecule has 366 valence electrons. The van der Waals surface area contributed by atoms with Gasteiger partial charge < -0.3 is 23.7 Å². The maximum absolute atomic E-state index is 12.6. The summed E-state index contributed by atoms with van der Waals surface area (Å²) in [6, 6.07) is 29.8. The minimum atomic E-state index is -3.63. The first-order valence-electron chi connectivity index (χ1n) is 21.8. The Morgan fingerprint density at radius 3 is 1.54 bits per heavy atom. The SMILES string of the molecule is CC(C)OC(=O)C(C)N1CCN(CC2CN(c3ccc(C(=N)NC(=O)Oc4ccccc4)cc3)C(=O)O2)CC1.CS(=O)(=O)OCC1CN(c2ccc(C(=N)NC(=O)Oc3ccccc3)cc2)C(=O)O1. The summed E-state index contributed by atoms with van der Waals surface area (Å²) in [5, 5.41) is 20.9. The molecule has 4 amide bonds. The average Bonchev–Trinajstić information content (AvgIpc) is 3.89. The van der Waals surface area contributed by atoms with E-state index in [-0.39, 0.29) is 49.0 Å². The minimum absolute atomic E-state index is 0.115. The Morgan fingerprint density at radius 1 is 0.667 bits per heavy atom. The van der Waals surface area contributed by atoms with E-state index in [1.54, 1.807) is 108 Å². The maximum atomic E-state index is 12.6. The fraction of sp³-hybridized carbons (Fsp3) is 0.340. The van der Waals surface area contributed by atoms with E-state index in [1.807, 2.05) is 26.8 Å². The van der Waals surface area contributed by atoms with Crippen molar-refractivity contribution in [2.45, 2.75) is 45.1 Å². The van der Waals surface area contributed by atoms with Crippen LogP contribution >= 0.6 is 0 Å². The van der Waals surface area contributed by atoms with Crippen molar-refractivity contribution in [3.63, 3.8) is 0 Å². The van der Waals surface area contributed by atoms with Crippen molar-refractivity contribution in [2.75, 3.05) is 68.5 Å². The number of hydrogen-bond acceptors (Lipinski definition) is 17. The molecule has 69 heavy (non-hydrogen) atoms. The first kappa shape index (κ1) is 51.0. The number of anilines is 2. The first-order chi connectivity index (χ1) is 32.9. The summed E-state index contributed by atoms with van der Waals surface area (Å²) in [6.45, 7) is 9.44. The zero-order valence-corrected chi connectivity index (χ0v) is 39.2. The van der Waals surface area contributed by atoms with E-state index in [4.69, 9.17) is 34.5 Å². The van der Waals surface area contributed by atoms with Gasteiger partial charge >= 0.3 is 30.3 Å². The van der Waals surface area contributed by atoms with Gasteiger partial charge in [0, 0.05) is 55.2 Å². The lowest BCUT2D eigenvalue weighted by atomic mass is 10.1. The number of carbonyl (C=O) groups excluding carboxylic acids is 5. The predicted octanol–water partition coefficient (Wildman–Crippen LogP) is 5.19. The van der Waals surface area contributed by atoms with Gasteiger partial charge in [-0.2, -0.15) is 8.42 Å². The second-order valence-electron chi connectivity index (χ2n) is 16.2. The first-order valence-corrected chi connectivity index (χ1v) is 23.7. The molecular weight excluding hydrogens is 917 g/mol. The molecule has 3 unspecified atom stereocenters. The van der Waals surface area contributed by atoms with Crippen molar-refractivity contribution in [1.29, 1.82) is 10.8 Å². The van der Waals surface area contributed by atoms with Gasteiger partial charge in [0.2, 0.25) is 0 Å². The largest absolute Gasteiger partial charge is 0.462 e. The summed E-state index contributed by atoms with van der Waals surface area (Å²) in [5.41, 5.74) is 2.00. The molecule has 3 heterocycles.